The first-order valence-electron chi connectivity index (χ1n) is 14.1. The number of benzene rings is 2. The Hall–Kier alpha value is -4.14. The Morgan fingerprint density at radius 2 is 1.07 bits per heavy atom. The molecule has 2 aromatic carbocycles. The molecule has 0 spiro atoms. The van der Waals surface area contributed by atoms with Crippen molar-refractivity contribution >= 4 is 11.9 Å². The van der Waals surface area contributed by atoms with Gasteiger partial charge in [0.1, 0.15) is 22.6 Å². The molecule has 0 saturated heterocycles. The van der Waals surface area contributed by atoms with Gasteiger partial charge in [0.25, 0.3) is 0 Å². The summed E-state index contributed by atoms with van der Waals surface area (Å²) in [5.74, 6) is -1.24. The monoisotopic (exact) mass is 568 g/mol. The molecule has 3 rings (SSSR count). The molecule has 0 atom stereocenters. The minimum Gasteiger partial charge on any atom is -0.504 e. The minimum absolute atomic E-state index is 0.0573. The van der Waals surface area contributed by atoms with E-state index in [1.165, 1.54) is 38.5 Å². The zero-order valence-corrected chi connectivity index (χ0v) is 24.3. The lowest BCUT2D eigenvalue weighted by Crippen LogP contribution is -2.15. The van der Waals surface area contributed by atoms with Crippen molar-refractivity contribution in [2.24, 2.45) is 0 Å². The maximum Gasteiger partial charge on any atom is 0.343 e. The second-order valence-electron chi connectivity index (χ2n) is 9.68. The zero-order valence-electron chi connectivity index (χ0n) is 24.3. The van der Waals surface area contributed by atoms with Gasteiger partial charge < -0.3 is 33.6 Å². The number of carbonyl (C=O) groups excluding carboxylic acids is 2. The summed E-state index contributed by atoms with van der Waals surface area (Å²) in [7, 11) is 2.81. The predicted octanol–water partition coefficient (Wildman–Crippen LogP) is 7.52. The van der Waals surface area contributed by atoms with E-state index in [2.05, 4.69) is 13.8 Å². The average molecular weight is 569 g/mol. The molecule has 0 aliphatic rings. The van der Waals surface area contributed by atoms with Gasteiger partial charge in [-0.2, -0.15) is 0 Å². The van der Waals surface area contributed by atoms with Crippen LogP contribution in [0, 0.1) is 0 Å². The Balaban J connectivity index is 2.17. The molecule has 0 aliphatic carbocycles. The highest BCUT2D eigenvalue weighted by Gasteiger charge is 2.34. The van der Waals surface area contributed by atoms with Gasteiger partial charge in [0.05, 0.1) is 27.4 Å². The van der Waals surface area contributed by atoms with Crippen LogP contribution in [0.2, 0.25) is 0 Å². The number of ether oxygens (including phenoxy) is 4. The first-order valence-corrected chi connectivity index (χ1v) is 14.1. The number of phenols is 2. The fraction of sp³-hybridized carbons (Fsp3) is 0.438. The van der Waals surface area contributed by atoms with Crippen LogP contribution in [-0.2, 0) is 9.47 Å². The van der Waals surface area contributed by atoms with E-state index >= 15 is 0 Å². The number of esters is 2. The fourth-order valence-corrected chi connectivity index (χ4v) is 4.40. The standard InChI is InChI=1S/C32H40O9/c1-5-7-9-11-17-39-31(35)27-28(32(36)40-18-12-10-8-6-2)30(22-14-16-24(34)26(20-22)38-4)41-29(27)21-13-15-23(33)25(19-21)37-3/h13-16,19-20,33-34H,5-12,17-18H2,1-4H3. The summed E-state index contributed by atoms with van der Waals surface area (Å²) in [6, 6.07) is 8.93. The number of phenolic OH excluding ortho intramolecular Hbond substituents is 2. The molecular weight excluding hydrogens is 528 g/mol. The number of rotatable bonds is 16. The lowest BCUT2D eigenvalue weighted by molar-refractivity contribution is 0.0453. The molecule has 1 aromatic heterocycles. The summed E-state index contributed by atoms with van der Waals surface area (Å²) in [4.78, 5) is 27.2. The van der Waals surface area contributed by atoms with Gasteiger partial charge in [-0.3, -0.25) is 0 Å². The van der Waals surface area contributed by atoms with Crippen LogP contribution in [0.4, 0.5) is 0 Å². The van der Waals surface area contributed by atoms with E-state index in [0.717, 1.165) is 38.5 Å². The van der Waals surface area contributed by atoms with E-state index in [0.29, 0.717) is 24.0 Å². The molecule has 0 saturated carbocycles. The van der Waals surface area contributed by atoms with Crippen molar-refractivity contribution in [1.29, 1.82) is 0 Å². The lowest BCUT2D eigenvalue weighted by atomic mass is 10.0. The lowest BCUT2D eigenvalue weighted by Gasteiger charge is -2.10. The summed E-state index contributed by atoms with van der Waals surface area (Å²) in [6.07, 6.45) is 7.28. The molecule has 9 heteroatoms. The van der Waals surface area contributed by atoms with Crippen LogP contribution in [0.1, 0.15) is 85.9 Å². The maximum atomic E-state index is 13.6. The van der Waals surface area contributed by atoms with Crippen LogP contribution in [0.3, 0.4) is 0 Å². The number of hydrogen-bond donors (Lipinski definition) is 2. The van der Waals surface area contributed by atoms with E-state index < -0.39 is 11.9 Å². The molecule has 1 heterocycles. The summed E-state index contributed by atoms with van der Waals surface area (Å²) in [6.45, 7) is 4.54. The normalized spacial score (nSPS) is 10.8. The number of methoxy groups -OCH3 is 2. The Labute approximate surface area is 241 Å². The number of unbranched alkanes of at least 4 members (excludes halogenated alkanes) is 6. The molecule has 3 aromatic rings. The number of aromatic hydroxyl groups is 2. The highest BCUT2D eigenvalue weighted by Crippen LogP contribution is 2.42. The number of carbonyl (C=O) groups is 2. The van der Waals surface area contributed by atoms with E-state index in [-0.39, 0.29) is 58.9 Å². The second kappa shape index (κ2) is 15.6. The Kier molecular flexibility index (Phi) is 11.9. The van der Waals surface area contributed by atoms with Crippen molar-refractivity contribution in [3.05, 3.63) is 47.5 Å². The average Bonchev–Trinajstić information content (AvgIpc) is 3.38. The molecule has 0 aliphatic heterocycles. The summed E-state index contributed by atoms with van der Waals surface area (Å²) in [5.41, 5.74) is 0.584. The third kappa shape index (κ3) is 7.96. The van der Waals surface area contributed by atoms with Crippen LogP contribution in [0.25, 0.3) is 22.6 Å². The topological polar surface area (TPSA) is 125 Å². The SMILES string of the molecule is CCCCCCOC(=O)c1c(-c2ccc(O)c(OC)c2)oc(-c2ccc(O)c(OC)c2)c1C(=O)OCCCCCC. The largest absolute Gasteiger partial charge is 0.504 e. The smallest absolute Gasteiger partial charge is 0.343 e. The van der Waals surface area contributed by atoms with Gasteiger partial charge in [-0.05, 0) is 49.2 Å². The number of furan rings is 1. The first kappa shape index (κ1) is 31.4. The van der Waals surface area contributed by atoms with Crippen LogP contribution in [-0.4, -0.2) is 49.6 Å². The summed E-state index contributed by atoms with van der Waals surface area (Å²) in [5, 5.41) is 20.3. The predicted molar refractivity (Wildman–Crippen MR) is 155 cm³/mol. The Bertz CT molecular complexity index is 1210. The van der Waals surface area contributed by atoms with Crippen LogP contribution < -0.4 is 9.47 Å². The molecule has 0 radical (unpaired) electrons. The van der Waals surface area contributed by atoms with Gasteiger partial charge in [-0.25, -0.2) is 9.59 Å². The summed E-state index contributed by atoms with van der Waals surface area (Å²) >= 11 is 0. The minimum atomic E-state index is -0.734. The van der Waals surface area contributed by atoms with Crippen molar-refractivity contribution in [3.63, 3.8) is 0 Å². The van der Waals surface area contributed by atoms with E-state index in [4.69, 9.17) is 23.4 Å². The highest BCUT2D eigenvalue weighted by molar-refractivity contribution is 6.11. The molecular formula is C32H40O9. The van der Waals surface area contributed by atoms with E-state index in [9.17, 15) is 19.8 Å². The van der Waals surface area contributed by atoms with Gasteiger partial charge in [0, 0.05) is 11.1 Å². The van der Waals surface area contributed by atoms with E-state index in [1.807, 2.05) is 0 Å². The quantitative estimate of drug-likeness (QED) is 0.133. The molecule has 9 nitrogen and oxygen atoms in total. The molecule has 0 fully saturated rings. The fourth-order valence-electron chi connectivity index (χ4n) is 4.40. The Morgan fingerprint density at radius 1 is 0.659 bits per heavy atom. The maximum absolute atomic E-state index is 13.6. The van der Waals surface area contributed by atoms with Crippen molar-refractivity contribution in [3.8, 4) is 45.6 Å². The molecule has 0 amide bonds. The van der Waals surface area contributed by atoms with Crippen LogP contribution in [0.5, 0.6) is 23.0 Å². The van der Waals surface area contributed by atoms with Gasteiger partial charge >= 0.3 is 11.9 Å². The molecule has 41 heavy (non-hydrogen) atoms. The van der Waals surface area contributed by atoms with Crippen LogP contribution in [0.15, 0.2) is 40.8 Å². The third-order valence-electron chi connectivity index (χ3n) is 6.66. The molecule has 0 bridgehead atoms. The van der Waals surface area contributed by atoms with Gasteiger partial charge in [-0.1, -0.05) is 52.4 Å². The zero-order chi connectivity index (χ0) is 29.8. The van der Waals surface area contributed by atoms with Gasteiger partial charge in [0.15, 0.2) is 23.0 Å². The van der Waals surface area contributed by atoms with Crippen molar-refractivity contribution in [2.45, 2.75) is 65.2 Å². The van der Waals surface area contributed by atoms with Gasteiger partial charge in [0.2, 0.25) is 0 Å². The molecule has 0 unspecified atom stereocenters. The summed E-state index contributed by atoms with van der Waals surface area (Å²) < 4.78 is 28.0. The Morgan fingerprint density at radius 3 is 1.44 bits per heavy atom. The van der Waals surface area contributed by atoms with Gasteiger partial charge in [-0.15, -0.1) is 0 Å². The number of hydrogen-bond acceptors (Lipinski definition) is 9. The van der Waals surface area contributed by atoms with Crippen molar-refractivity contribution in [1.82, 2.24) is 0 Å². The highest BCUT2D eigenvalue weighted by atomic mass is 16.5. The van der Waals surface area contributed by atoms with Crippen molar-refractivity contribution < 1.29 is 43.2 Å². The molecule has 2 N–H and O–H groups in total. The second-order valence-corrected chi connectivity index (χ2v) is 9.68. The first-order chi connectivity index (χ1) is 19.9. The third-order valence-corrected chi connectivity index (χ3v) is 6.66. The van der Waals surface area contributed by atoms with Crippen molar-refractivity contribution in [2.75, 3.05) is 27.4 Å². The van der Waals surface area contributed by atoms with E-state index in [1.54, 1.807) is 12.1 Å². The molecule has 222 valence electrons. The van der Waals surface area contributed by atoms with Crippen LogP contribution >= 0.6 is 0 Å².